The van der Waals surface area contributed by atoms with Crippen LogP contribution >= 0.6 is 11.8 Å². The third-order valence-corrected chi connectivity index (χ3v) is 2.71. The summed E-state index contributed by atoms with van der Waals surface area (Å²) in [7, 11) is 0. The van der Waals surface area contributed by atoms with Gasteiger partial charge >= 0.3 is 5.97 Å². The molecule has 15 heavy (non-hydrogen) atoms. The lowest BCUT2D eigenvalue weighted by molar-refractivity contribution is -0.153. The molecule has 0 spiro atoms. The summed E-state index contributed by atoms with van der Waals surface area (Å²) in [6.07, 6.45) is -1.31. The van der Waals surface area contributed by atoms with Gasteiger partial charge in [-0.15, -0.1) is 11.8 Å². The molecule has 2 atom stereocenters. The van der Waals surface area contributed by atoms with E-state index in [9.17, 15) is 9.90 Å². The Hall–Kier alpha value is -1.04. The maximum absolute atomic E-state index is 10.5. The van der Waals surface area contributed by atoms with Crippen LogP contribution in [0.1, 0.15) is 11.7 Å². The van der Waals surface area contributed by atoms with Crippen molar-refractivity contribution in [1.82, 2.24) is 0 Å². The lowest BCUT2D eigenvalue weighted by Crippen LogP contribution is -2.27. The van der Waals surface area contributed by atoms with Crippen molar-refractivity contribution in [3.63, 3.8) is 0 Å². The first kappa shape index (κ1) is 12.0. The minimum absolute atomic E-state index is 0.400. The number of carboxylic acid groups (broad SMARTS) is 1. The maximum Gasteiger partial charge on any atom is 0.335 e. The third-order valence-electron chi connectivity index (χ3n) is 1.99. The number of aliphatic hydroxyl groups excluding tert-OH is 2. The second-order valence-corrected chi connectivity index (χ2v) is 3.88. The Labute approximate surface area is 91.6 Å². The number of aliphatic hydroxyl groups is 2. The fourth-order valence-electron chi connectivity index (χ4n) is 1.14. The quantitative estimate of drug-likeness (QED) is 0.667. The second kappa shape index (κ2) is 5.16. The molecule has 0 aliphatic rings. The van der Waals surface area contributed by atoms with Crippen molar-refractivity contribution in [3.05, 3.63) is 29.8 Å². The van der Waals surface area contributed by atoms with Gasteiger partial charge in [-0.2, -0.15) is 0 Å². The fraction of sp³-hybridized carbons (Fsp3) is 0.300. The van der Waals surface area contributed by atoms with Crippen LogP contribution in [0.25, 0.3) is 0 Å². The smallest absolute Gasteiger partial charge is 0.335 e. The van der Waals surface area contributed by atoms with Crippen molar-refractivity contribution < 1.29 is 20.1 Å². The third kappa shape index (κ3) is 2.95. The molecule has 1 aromatic rings. The van der Waals surface area contributed by atoms with E-state index in [0.29, 0.717) is 5.56 Å². The molecule has 5 heteroatoms. The largest absolute Gasteiger partial charge is 0.479 e. The molecule has 0 radical (unpaired) electrons. The van der Waals surface area contributed by atoms with Gasteiger partial charge in [0, 0.05) is 4.90 Å². The Balaban J connectivity index is 2.90. The molecule has 3 N–H and O–H groups in total. The number of thioether (sulfide) groups is 1. The zero-order chi connectivity index (χ0) is 11.4. The van der Waals surface area contributed by atoms with E-state index >= 15 is 0 Å². The Morgan fingerprint density at radius 1 is 1.40 bits per heavy atom. The minimum atomic E-state index is -1.79. The number of carboxylic acids is 1. The number of hydrogen-bond donors (Lipinski definition) is 3. The Morgan fingerprint density at radius 3 is 2.60 bits per heavy atom. The highest BCUT2D eigenvalue weighted by atomic mass is 32.2. The Morgan fingerprint density at radius 2 is 2.07 bits per heavy atom. The molecular formula is C10H12O4S. The molecule has 1 rings (SSSR count). The van der Waals surface area contributed by atoms with Gasteiger partial charge in [0.15, 0.2) is 6.10 Å². The molecule has 0 aromatic heterocycles. The van der Waals surface area contributed by atoms with Crippen LogP contribution in [-0.4, -0.2) is 33.6 Å². The predicted molar refractivity (Wildman–Crippen MR) is 56.8 cm³/mol. The summed E-state index contributed by atoms with van der Waals surface area (Å²) >= 11 is 1.48. The molecule has 82 valence electrons. The summed E-state index contributed by atoms with van der Waals surface area (Å²) in [5, 5.41) is 27.2. The van der Waals surface area contributed by atoms with Crippen molar-refractivity contribution in [2.75, 3.05) is 6.26 Å². The van der Waals surface area contributed by atoms with Gasteiger partial charge in [-0.25, -0.2) is 4.79 Å². The zero-order valence-electron chi connectivity index (χ0n) is 8.12. The van der Waals surface area contributed by atoms with Gasteiger partial charge in [0.25, 0.3) is 0 Å². The lowest BCUT2D eigenvalue weighted by Gasteiger charge is -2.14. The van der Waals surface area contributed by atoms with Crippen LogP contribution in [0, 0.1) is 0 Å². The first-order valence-electron chi connectivity index (χ1n) is 4.29. The molecule has 4 nitrogen and oxygen atoms in total. The molecule has 2 unspecified atom stereocenters. The van der Waals surface area contributed by atoms with Crippen molar-refractivity contribution in [3.8, 4) is 0 Å². The van der Waals surface area contributed by atoms with Crippen LogP contribution in [0.4, 0.5) is 0 Å². The van der Waals surface area contributed by atoms with Crippen LogP contribution in [0.15, 0.2) is 29.2 Å². The molecule has 0 saturated heterocycles. The zero-order valence-corrected chi connectivity index (χ0v) is 8.94. The molecule has 0 fully saturated rings. The Bertz CT molecular complexity index is 353. The van der Waals surface area contributed by atoms with Crippen molar-refractivity contribution in [2.24, 2.45) is 0 Å². The minimum Gasteiger partial charge on any atom is -0.479 e. The summed E-state index contributed by atoms with van der Waals surface area (Å²) < 4.78 is 0. The molecule has 0 amide bonds. The molecule has 0 saturated carbocycles. The fourth-order valence-corrected chi connectivity index (χ4v) is 1.61. The first-order chi connectivity index (χ1) is 7.06. The van der Waals surface area contributed by atoms with Crippen LogP contribution in [0.2, 0.25) is 0 Å². The van der Waals surface area contributed by atoms with Gasteiger partial charge in [-0.05, 0) is 24.0 Å². The van der Waals surface area contributed by atoms with Gasteiger partial charge in [-0.1, -0.05) is 12.1 Å². The molecule has 0 aliphatic carbocycles. The number of hydrogen-bond acceptors (Lipinski definition) is 4. The first-order valence-corrected chi connectivity index (χ1v) is 5.51. The summed E-state index contributed by atoms with van der Waals surface area (Å²) in [5.41, 5.74) is 0.400. The van der Waals surface area contributed by atoms with E-state index in [0.717, 1.165) is 4.90 Å². The van der Waals surface area contributed by atoms with Crippen LogP contribution in [-0.2, 0) is 4.79 Å². The van der Waals surface area contributed by atoms with E-state index in [1.54, 1.807) is 18.2 Å². The van der Waals surface area contributed by atoms with E-state index < -0.39 is 18.2 Å². The van der Waals surface area contributed by atoms with Crippen molar-refractivity contribution in [2.45, 2.75) is 17.1 Å². The summed E-state index contributed by atoms with van der Waals surface area (Å²) in [6.45, 7) is 0. The molecule has 0 aliphatic heterocycles. The predicted octanol–water partition coefficient (Wildman–Crippen LogP) is 0.887. The molecule has 0 bridgehead atoms. The number of benzene rings is 1. The normalized spacial score (nSPS) is 14.6. The van der Waals surface area contributed by atoms with Crippen molar-refractivity contribution >= 4 is 17.7 Å². The molecule has 1 aromatic carbocycles. The SMILES string of the molecule is CSc1cccc(C(O)C(O)C(=O)O)c1. The van der Waals surface area contributed by atoms with Gasteiger partial charge in [0.1, 0.15) is 6.10 Å². The standard InChI is InChI=1S/C10H12O4S/c1-15-7-4-2-3-6(5-7)8(11)9(12)10(13)14/h2-5,8-9,11-12H,1H3,(H,13,14). The van der Waals surface area contributed by atoms with E-state index in [4.69, 9.17) is 10.2 Å². The van der Waals surface area contributed by atoms with Gasteiger partial charge in [0.2, 0.25) is 0 Å². The van der Waals surface area contributed by atoms with Crippen LogP contribution in [0.3, 0.4) is 0 Å². The highest BCUT2D eigenvalue weighted by Crippen LogP contribution is 2.22. The topological polar surface area (TPSA) is 77.8 Å². The summed E-state index contributed by atoms with van der Waals surface area (Å²) in [6, 6.07) is 6.78. The molecular weight excluding hydrogens is 216 g/mol. The number of aliphatic carboxylic acids is 1. The monoisotopic (exact) mass is 228 g/mol. The van der Waals surface area contributed by atoms with Crippen molar-refractivity contribution in [1.29, 1.82) is 0 Å². The van der Waals surface area contributed by atoms with Gasteiger partial charge in [0.05, 0.1) is 0 Å². The van der Waals surface area contributed by atoms with E-state index in [-0.39, 0.29) is 0 Å². The van der Waals surface area contributed by atoms with E-state index in [2.05, 4.69) is 0 Å². The highest BCUT2D eigenvalue weighted by molar-refractivity contribution is 7.98. The average molecular weight is 228 g/mol. The second-order valence-electron chi connectivity index (χ2n) is 3.00. The number of rotatable bonds is 4. The summed E-state index contributed by atoms with van der Waals surface area (Å²) in [5.74, 6) is -1.43. The maximum atomic E-state index is 10.5. The summed E-state index contributed by atoms with van der Waals surface area (Å²) in [4.78, 5) is 11.4. The molecule has 0 heterocycles. The van der Waals surface area contributed by atoms with E-state index in [1.165, 1.54) is 11.8 Å². The lowest BCUT2D eigenvalue weighted by atomic mass is 10.0. The van der Waals surface area contributed by atoms with Crippen LogP contribution in [0.5, 0.6) is 0 Å². The highest BCUT2D eigenvalue weighted by Gasteiger charge is 2.24. The van der Waals surface area contributed by atoms with Gasteiger partial charge < -0.3 is 15.3 Å². The average Bonchev–Trinajstić information content (AvgIpc) is 2.27. The van der Waals surface area contributed by atoms with Crippen LogP contribution < -0.4 is 0 Å². The Kier molecular flexibility index (Phi) is 4.14. The van der Waals surface area contributed by atoms with Gasteiger partial charge in [-0.3, -0.25) is 0 Å². The van der Waals surface area contributed by atoms with E-state index in [1.807, 2.05) is 12.3 Å². The number of carbonyl (C=O) groups is 1.